The molecule has 7 heteroatoms. The molecule has 6 nitrogen and oxygen atoms in total. The van der Waals surface area contributed by atoms with E-state index < -0.39 is 0 Å². The Labute approximate surface area is 219 Å². The molecule has 0 aliphatic rings. The van der Waals surface area contributed by atoms with E-state index in [1.54, 1.807) is 6.07 Å². The van der Waals surface area contributed by atoms with Gasteiger partial charge in [-0.25, -0.2) is 4.98 Å². The zero-order chi connectivity index (χ0) is 25.8. The summed E-state index contributed by atoms with van der Waals surface area (Å²) in [6, 6.07) is 30.0. The van der Waals surface area contributed by atoms with Gasteiger partial charge in [0.2, 0.25) is 11.8 Å². The van der Waals surface area contributed by atoms with Gasteiger partial charge in [0.15, 0.2) is 5.58 Å². The Hall–Kier alpha value is -4.36. The number of oxazole rings is 1. The molecular weight excluding hydrogens is 482 g/mol. The molecule has 2 N–H and O–H groups in total. The van der Waals surface area contributed by atoms with Crippen molar-refractivity contribution in [1.29, 1.82) is 0 Å². The van der Waals surface area contributed by atoms with Gasteiger partial charge in [-0.3, -0.25) is 9.59 Å². The molecule has 0 saturated carbocycles. The summed E-state index contributed by atoms with van der Waals surface area (Å²) < 4.78 is 5.81. The van der Waals surface area contributed by atoms with E-state index >= 15 is 0 Å². The molecular formula is C30H25N3O3S. The van der Waals surface area contributed by atoms with Crippen LogP contribution in [-0.4, -0.2) is 22.0 Å². The fourth-order valence-electron chi connectivity index (χ4n) is 3.80. The molecule has 4 aromatic carbocycles. The fraction of sp³-hybridized carbons (Fsp3) is 0.100. The third-order valence-corrected chi connectivity index (χ3v) is 6.88. The van der Waals surface area contributed by atoms with Crippen molar-refractivity contribution in [1.82, 2.24) is 4.98 Å². The smallest absolute Gasteiger partial charge is 0.255 e. The third kappa shape index (κ3) is 5.90. The molecule has 0 spiro atoms. The van der Waals surface area contributed by atoms with Crippen LogP contribution in [0, 0.1) is 6.92 Å². The van der Waals surface area contributed by atoms with Crippen LogP contribution < -0.4 is 10.6 Å². The van der Waals surface area contributed by atoms with Gasteiger partial charge in [0.1, 0.15) is 5.52 Å². The first kappa shape index (κ1) is 24.3. The molecule has 5 rings (SSSR count). The maximum atomic E-state index is 12.8. The Balaban J connectivity index is 1.16. The van der Waals surface area contributed by atoms with Gasteiger partial charge in [0.05, 0.1) is 5.25 Å². The van der Waals surface area contributed by atoms with Crippen molar-refractivity contribution >= 4 is 46.1 Å². The normalized spacial score (nSPS) is 11.7. The average molecular weight is 508 g/mol. The molecule has 0 aliphatic carbocycles. The van der Waals surface area contributed by atoms with Crippen LogP contribution in [0.1, 0.15) is 22.8 Å². The van der Waals surface area contributed by atoms with Crippen LogP contribution in [0.3, 0.4) is 0 Å². The molecule has 1 atom stereocenters. The van der Waals surface area contributed by atoms with E-state index in [2.05, 4.69) is 15.6 Å². The summed E-state index contributed by atoms with van der Waals surface area (Å²) in [5.41, 5.74) is 5.44. The molecule has 0 bridgehead atoms. The average Bonchev–Trinajstić information content (AvgIpc) is 3.34. The zero-order valence-corrected chi connectivity index (χ0v) is 21.2. The number of aryl methyl sites for hydroxylation is 1. The van der Waals surface area contributed by atoms with Crippen LogP contribution in [0.15, 0.2) is 106 Å². The highest BCUT2D eigenvalue weighted by Crippen LogP contribution is 2.28. The van der Waals surface area contributed by atoms with Crippen molar-refractivity contribution in [3.8, 4) is 11.5 Å². The monoisotopic (exact) mass is 507 g/mol. The van der Waals surface area contributed by atoms with Gasteiger partial charge in [-0.05, 0) is 86.6 Å². The van der Waals surface area contributed by atoms with Crippen molar-refractivity contribution in [3.05, 3.63) is 108 Å². The van der Waals surface area contributed by atoms with E-state index in [9.17, 15) is 9.59 Å². The topological polar surface area (TPSA) is 84.2 Å². The van der Waals surface area contributed by atoms with Crippen molar-refractivity contribution in [3.63, 3.8) is 0 Å². The van der Waals surface area contributed by atoms with Gasteiger partial charge in [0, 0.05) is 27.4 Å². The zero-order valence-electron chi connectivity index (χ0n) is 20.4. The summed E-state index contributed by atoms with van der Waals surface area (Å²) in [5, 5.41) is 5.55. The second-order valence-corrected chi connectivity index (χ2v) is 10.1. The Bertz CT molecular complexity index is 1530. The lowest BCUT2D eigenvalue weighted by Gasteiger charge is -2.13. The largest absolute Gasteiger partial charge is 0.436 e. The molecule has 37 heavy (non-hydrogen) atoms. The van der Waals surface area contributed by atoms with E-state index in [4.69, 9.17) is 4.42 Å². The first-order valence-electron chi connectivity index (χ1n) is 11.9. The lowest BCUT2D eigenvalue weighted by Crippen LogP contribution is -2.22. The van der Waals surface area contributed by atoms with E-state index in [-0.39, 0.29) is 17.1 Å². The standard InChI is InChI=1S/C30H25N3O3S/c1-19-6-5-7-22(18-19)29(35)32-24-14-16-25(17-15-24)37-20(2)28(34)31-23-12-10-21(11-13-23)30-33-26-8-3-4-9-27(26)36-30/h3-18,20H,1-2H3,(H,31,34)(H,32,35). The van der Waals surface area contributed by atoms with Gasteiger partial charge in [-0.15, -0.1) is 11.8 Å². The highest BCUT2D eigenvalue weighted by atomic mass is 32.2. The highest BCUT2D eigenvalue weighted by Gasteiger charge is 2.15. The van der Waals surface area contributed by atoms with Crippen molar-refractivity contribution in [2.45, 2.75) is 24.0 Å². The Morgan fingerprint density at radius 1 is 0.838 bits per heavy atom. The van der Waals surface area contributed by atoms with Gasteiger partial charge < -0.3 is 15.1 Å². The third-order valence-electron chi connectivity index (χ3n) is 5.77. The van der Waals surface area contributed by atoms with Crippen LogP contribution in [0.2, 0.25) is 0 Å². The number of nitrogens with zero attached hydrogens (tertiary/aromatic N) is 1. The molecule has 0 saturated heterocycles. The SMILES string of the molecule is Cc1cccc(C(=O)Nc2ccc(SC(C)C(=O)Nc3ccc(-c4nc5ccccc5o4)cc3)cc2)c1. The second-order valence-electron chi connectivity index (χ2n) is 8.66. The fourth-order valence-corrected chi connectivity index (χ4v) is 4.67. The van der Waals surface area contributed by atoms with Gasteiger partial charge in [-0.2, -0.15) is 0 Å². The molecule has 1 heterocycles. The number of fused-ring (bicyclic) bond motifs is 1. The number of hydrogen-bond donors (Lipinski definition) is 2. The maximum absolute atomic E-state index is 12.8. The van der Waals surface area contributed by atoms with Crippen molar-refractivity contribution in [2.24, 2.45) is 0 Å². The Morgan fingerprint density at radius 2 is 1.54 bits per heavy atom. The number of para-hydroxylation sites is 2. The number of carbonyl (C=O) groups excluding carboxylic acids is 2. The summed E-state index contributed by atoms with van der Waals surface area (Å²) >= 11 is 1.45. The van der Waals surface area contributed by atoms with Crippen LogP contribution in [-0.2, 0) is 4.79 Å². The van der Waals surface area contributed by atoms with Gasteiger partial charge in [-0.1, -0.05) is 29.8 Å². The maximum Gasteiger partial charge on any atom is 0.255 e. The second kappa shape index (κ2) is 10.7. The minimum absolute atomic E-state index is 0.101. The van der Waals surface area contributed by atoms with E-state index in [1.807, 2.05) is 105 Å². The molecule has 0 fully saturated rings. The van der Waals surface area contributed by atoms with E-state index in [1.165, 1.54) is 11.8 Å². The number of carbonyl (C=O) groups is 2. The predicted octanol–water partition coefficient (Wildman–Crippen LogP) is 7.17. The number of thioether (sulfide) groups is 1. The lowest BCUT2D eigenvalue weighted by atomic mass is 10.1. The minimum atomic E-state index is -0.315. The summed E-state index contributed by atoms with van der Waals surface area (Å²) in [7, 11) is 0. The van der Waals surface area contributed by atoms with Crippen LogP contribution in [0.4, 0.5) is 11.4 Å². The number of benzene rings is 4. The van der Waals surface area contributed by atoms with Gasteiger partial charge in [0.25, 0.3) is 5.91 Å². The number of rotatable bonds is 7. The number of nitrogens with one attached hydrogen (secondary N) is 2. The van der Waals surface area contributed by atoms with Crippen LogP contribution >= 0.6 is 11.8 Å². The summed E-state index contributed by atoms with van der Waals surface area (Å²) in [6.07, 6.45) is 0. The number of amides is 2. The Morgan fingerprint density at radius 3 is 2.27 bits per heavy atom. The number of anilines is 2. The number of aromatic nitrogens is 1. The summed E-state index contributed by atoms with van der Waals surface area (Å²) in [5.74, 6) is 0.289. The predicted molar refractivity (Wildman–Crippen MR) is 149 cm³/mol. The molecule has 5 aromatic rings. The Kier molecular flexibility index (Phi) is 7.05. The summed E-state index contributed by atoms with van der Waals surface area (Å²) in [6.45, 7) is 3.81. The molecule has 0 radical (unpaired) electrons. The first-order valence-corrected chi connectivity index (χ1v) is 12.7. The van der Waals surface area contributed by atoms with Gasteiger partial charge >= 0.3 is 0 Å². The number of hydrogen-bond acceptors (Lipinski definition) is 5. The van der Waals surface area contributed by atoms with Crippen LogP contribution in [0.5, 0.6) is 0 Å². The van der Waals surface area contributed by atoms with Crippen molar-refractivity contribution < 1.29 is 14.0 Å². The van der Waals surface area contributed by atoms with E-state index in [0.29, 0.717) is 22.8 Å². The molecule has 1 unspecified atom stereocenters. The first-order chi connectivity index (χ1) is 17.9. The highest BCUT2D eigenvalue weighted by molar-refractivity contribution is 8.00. The quantitative estimate of drug-likeness (QED) is 0.228. The van der Waals surface area contributed by atoms with Crippen LogP contribution in [0.25, 0.3) is 22.6 Å². The molecule has 0 aliphatic heterocycles. The molecule has 1 aromatic heterocycles. The van der Waals surface area contributed by atoms with Crippen molar-refractivity contribution in [2.75, 3.05) is 10.6 Å². The molecule has 184 valence electrons. The molecule has 2 amide bonds. The minimum Gasteiger partial charge on any atom is -0.436 e. The lowest BCUT2D eigenvalue weighted by molar-refractivity contribution is -0.115. The summed E-state index contributed by atoms with van der Waals surface area (Å²) in [4.78, 5) is 30.7. The van der Waals surface area contributed by atoms with E-state index in [0.717, 1.165) is 27.1 Å².